The van der Waals surface area contributed by atoms with Crippen molar-refractivity contribution in [3.05, 3.63) is 0 Å². The first-order valence-electron chi connectivity index (χ1n) is 7.14. The normalized spacial score (nSPS) is 36.9. The minimum absolute atomic E-state index is 0.477. The van der Waals surface area contributed by atoms with Crippen molar-refractivity contribution in [1.29, 1.82) is 0 Å². The third-order valence-corrected chi connectivity index (χ3v) is 6.30. The summed E-state index contributed by atoms with van der Waals surface area (Å²) < 4.78 is 0. The third-order valence-electron chi connectivity index (χ3n) is 6.30. The molecule has 0 aromatic rings. The minimum atomic E-state index is 0.477. The van der Waals surface area contributed by atoms with E-state index >= 15 is 0 Å². The molecule has 2 heterocycles. The molecule has 0 N–H and O–H groups in total. The smallest absolute Gasteiger partial charge is 0.0269 e. The van der Waals surface area contributed by atoms with Crippen molar-refractivity contribution in [3.8, 4) is 0 Å². The number of fused-ring (bicyclic) bond motifs is 1. The van der Waals surface area contributed by atoms with Gasteiger partial charge in [0.2, 0.25) is 0 Å². The molecule has 0 atom stereocenters. The van der Waals surface area contributed by atoms with Crippen molar-refractivity contribution in [2.75, 3.05) is 13.1 Å². The molecule has 2 saturated heterocycles. The Hall–Kier alpha value is -0.0400. The summed E-state index contributed by atoms with van der Waals surface area (Å²) in [6, 6.07) is 0. The van der Waals surface area contributed by atoms with E-state index in [1.807, 2.05) is 0 Å². The Balaban J connectivity index is 1.74. The highest BCUT2D eigenvalue weighted by atomic mass is 15.3. The second-order valence-electron chi connectivity index (χ2n) is 8.49. The van der Waals surface area contributed by atoms with Gasteiger partial charge in [-0.2, -0.15) is 0 Å². The Bertz CT molecular complexity index is 317. The molecule has 2 spiro atoms. The summed E-state index contributed by atoms with van der Waals surface area (Å²) in [6.07, 6.45) is 9.13. The maximum atomic E-state index is 2.92. The molecule has 1 nitrogen and oxygen atoms in total. The van der Waals surface area contributed by atoms with Crippen LogP contribution in [0.1, 0.15) is 59.3 Å². The van der Waals surface area contributed by atoms with E-state index in [-0.39, 0.29) is 0 Å². The van der Waals surface area contributed by atoms with Gasteiger partial charge >= 0.3 is 0 Å². The lowest BCUT2D eigenvalue weighted by atomic mass is 9.68. The fourth-order valence-electron chi connectivity index (χ4n) is 4.83. The molecule has 0 radical (unpaired) electrons. The van der Waals surface area contributed by atoms with Crippen LogP contribution in [0.5, 0.6) is 0 Å². The average Bonchev–Trinajstić information content (AvgIpc) is 2.95. The highest BCUT2D eigenvalue weighted by molar-refractivity contribution is 5.23. The molecule has 4 fully saturated rings. The topological polar surface area (TPSA) is 3.24 Å². The summed E-state index contributed by atoms with van der Waals surface area (Å²) in [5.74, 6) is 0. The third kappa shape index (κ3) is 1.06. The highest BCUT2D eigenvalue weighted by Crippen LogP contribution is 2.71. The molecule has 4 rings (SSSR count). The Morgan fingerprint density at radius 1 is 0.812 bits per heavy atom. The summed E-state index contributed by atoms with van der Waals surface area (Å²) in [7, 11) is 0. The highest BCUT2D eigenvalue weighted by Gasteiger charge is 2.69. The fraction of sp³-hybridized carbons (Fsp3) is 1.00. The molecule has 0 bridgehead atoms. The zero-order chi connectivity index (χ0) is 11.2. The van der Waals surface area contributed by atoms with Crippen LogP contribution in [-0.2, 0) is 0 Å². The van der Waals surface area contributed by atoms with Crippen molar-refractivity contribution in [2.45, 2.75) is 64.8 Å². The second-order valence-corrected chi connectivity index (χ2v) is 8.49. The summed E-state index contributed by atoms with van der Waals surface area (Å²) in [5.41, 5.74) is 2.61. The average molecular weight is 219 g/mol. The summed E-state index contributed by atoms with van der Waals surface area (Å²) >= 11 is 0. The van der Waals surface area contributed by atoms with Gasteiger partial charge in [-0.1, -0.05) is 20.8 Å². The Labute approximate surface area is 99.6 Å². The molecule has 0 aromatic carbocycles. The molecule has 2 aliphatic carbocycles. The van der Waals surface area contributed by atoms with E-state index in [0.717, 1.165) is 10.8 Å². The molecular formula is C15H25N. The Morgan fingerprint density at radius 2 is 1.25 bits per heavy atom. The largest absolute Gasteiger partial charge is 0.296 e. The number of rotatable bonds is 0. The first-order chi connectivity index (χ1) is 7.39. The van der Waals surface area contributed by atoms with E-state index in [1.165, 1.54) is 51.6 Å². The van der Waals surface area contributed by atoms with E-state index in [1.54, 1.807) is 0 Å². The number of hydrogen-bond donors (Lipinski definition) is 0. The van der Waals surface area contributed by atoms with Crippen molar-refractivity contribution in [3.63, 3.8) is 0 Å². The second kappa shape index (κ2) is 2.39. The number of nitrogens with zero attached hydrogens (tertiary/aromatic N) is 1. The molecule has 1 heteroatoms. The van der Waals surface area contributed by atoms with Crippen LogP contribution in [-0.4, -0.2) is 23.5 Å². The zero-order valence-corrected chi connectivity index (χ0v) is 11.1. The summed E-state index contributed by atoms with van der Waals surface area (Å²) in [6.45, 7) is 10.3. The van der Waals surface area contributed by atoms with E-state index in [0.29, 0.717) is 11.0 Å². The molecule has 90 valence electrons. The van der Waals surface area contributed by atoms with E-state index in [4.69, 9.17) is 0 Å². The van der Waals surface area contributed by atoms with Crippen LogP contribution < -0.4 is 0 Å². The van der Waals surface area contributed by atoms with Gasteiger partial charge in [-0.25, -0.2) is 0 Å². The van der Waals surface area contributed by atoms with Gasteiger partial charge in [0.25, 0.3) is 0 Å². The van der Waals surface area contributed by atoms with Crippen LogP contribution in [0, 0.1) is 16.2 Å². The van der Waals surface area contributed by atoms with Crippen molar-refractivity contribution in [2.24, 2.45) is 16.2 Å². The monoisotopic (exact) mass is 219 g/mol. The van der Waals surface area contributed by atoms with Crippen LogP contribution in [0.25, 0.3) is 0 Å². The van der Waals surface area contributed by atoms with Gasteiger partial charge < -0.3 is 0 Å². The van der Waals surface area contributed by atoms with Gasteiger partial charge in [0.05, 0.1) is 0 Å². The lowest BCUT2D eigenvalue weighted by Gasteiger charge is -2.44. The van der Waals surface area contributed by atoms with Gasteiger partial charge in [-0.05, 0) is 54.8 Å². The van der Waals surface area contributed by atoms with Crippen molar-refractivity contribution < 1.29 is 0 Å². The fourth-order valence-corrected chi connectivity index (χ4v) is 4.83. The van der Waals surface area contributed by atoms with Gasteiger partial charge in [-0.3, -0.25) is 4.90 Å². The lowest BCUT2D eigenvalue weighted by Crippen LogP contribution is -2.49. The lowest BCUT2D eigenvalue weighted by molar-refractivity contribution is 0.0633. The molecule has 16 heavy (non-hydrogen) atoms. The maximum Gasteiger partial charge on any atom is 0.0269 e. The summed E-state index contributed by atoms with van der Waals surface area (Å²) in [4.78, 5) is 2.92. The van der Waals surface area contributed by atoms with Crippen molar-refractivity contribution in [1.82, 2.24) is 4.90 Å². The predicted molar refractivity (Wildman–Crippen MR) is 66.3 cm³/mol. The SMILES string of the molecule is CC(C)(C)C12CC3(CC3)CN1CC1(CC1)C2. The van der Waals surface area contributed by atoms with Crippen LogP contribution in [0.2, 0.25) is 0 Å². The van der Waals surface area contributed by atoms with E-state index in [2.05, 4.69) is 25.7 Å². The quantitative estimate of drug-likeness (QED) is 0.603. The molecule has 2 saturated carbocycles. The van der Waals surface area contributed by atoms with Gasteiger partial charge in [0.1, 0.15) is 0 Å². The predicted octanol–water partition coefficient (Wildman–Crippen LogP) is 3.44. The molecule has 2 aliphatic heterocycles. The zero-order valence-electron chi connectivity index (χ0n) is 11.1. The maximum absolute atomic E-state index is 2.92. The van der Waals surface area contributed by atoms with Gasteiger partial charge in [-0.15, -0.1) is 0 Å². The van der Waals surface area contributed by atoms with Crippen LogP contribution in [0.4, 0.5) is 0 Å². The standard InChI is InChI=1S/C15H25N/c1-12(2,3)15-8-13(4-5-13)10-16(15)11-14(9-15)6-7-14/h4-11H2,1-3H3. The van der Waals surface area contributed by atoms with Crippen LogP contribution in [0.15, 0.2) is 0 Å². The molecule has 4 aliphatic rings. The molecule has 0 aromatic heterocycles. The van der Waals surface area contributed by atoms with Crippen LogP contribution >= 0.6 is 0 Å². The Morgan fingerprint density at radius 3 is 1.50 bits per heavy atom. The van der Waals surface area contributed by atoms with Crippen molar-refractivity contribution >= 4 is 0 Å². The molecule has 0 unspecified atom stereocenters. The van der Waals surface area contributed by atoms with Gasteiger partial charge in [0.15, 0.2) is 0 Å². The van der Waals surface area contributed by atoms with Crippen LogP contribution in [0.3, 0.4) is 0 Å². The number of hydrogen-bond acceptors (Lipinski definition) is 1. The Kier molecular flexibility index (Phi) is 1.48. The summed E-state index contributed by atoms with van der Waals surface area (Å²) in [5, 5.41) is 0. The van der Waals surface area contributed by atoms with Gasteiger partial charge in [0, 0.05) is 18.6 Å². The van der Waals surface area contributed by atoms with E-state index < -0.39 is 0 Å². The molecular weight excluding hydrogens is 194 g/mol. The first-order valence-corrected chi connectivity index (χ1v) is 7.14. The van der Waals surface area contributed by atoms with E-state index in [9.17, 15) is 0 Å². The minimum Gasteiger partial charge on any atom is -0.296 e. The molecule has 0 amide bonds. The first kappa shape index (κ1) is 9.94.